The van der Waals surface area contributed by atoms with Gasteiger partial charge in [0.1, 0.15) is 5.75 Å². The Labute approximate surface area is 116 Å². The Bertz CT molecular complexity index is 458. The summed E-state index contributed by atoms with van der Waals surface area (Å²) in [6.45, 7) is 5.64. The fourth-order valence-corrected chi connectivity index (χ4v) is 2.82. The molecule has 2 saturated carbocycles. The summed E-state index contributed by atoms with van der Waals surface area (Å²) < 4.78 is 5.60. The van der Waals surface area contributed by atoms with Crippen molar-refractivity contribution in [1.29, 1.82) is 0 Å². The Morgan fingerprint density at radius 1 is 1.32 bits per heavy atom. The average molecular weight is 259 g/mol. The topological polar surface area (TPSA) is 21.3 Å². The molecule has 0 atom stereocenters. The fourth-order valence-electron chi connectivity index (χ4n) is 2.82. The molecule has 2 fully saturated rings. The van der Waals surface area contributed by atoms with Crippen LogP contribution in [0.2, 0.25) is 0 Å². The SMILES string of the molecule is COc1ccc(C(C)C)cc1C1(CNC2CC2)CC1. The lowest BCUT2D eigenvalue weighted by molar-refractivity contribution is 0.401. The van der Waals surface area contributed by atoms with Crippen LogP contribution in [0.3, 0.4) is 0 Å². The molecule has 0 aliphatic heterocycles. The predicted molar refractivity (Wildman–Crippen MR) is 79.0 cm³/mol. The predicted octanol–water partition coefficient (Wildman–Crippen LogP) is 3.60. The van der Waals surface area contributed by atoms with E-state index in [0.29, 0.717) is 11.3 Å². The third kappa shape index (κ3) is 2.64. The molecule has 1 N–H and O–H groups in total. The molecule has 1 aromatic carbocycles. The molecule has 0 radical (unpaired) electrons. The number of hydrogen-bond acceptors (Lipinski definition) is 2. The van der Waals surface area contributed by atoms with Crippen molar-refractivity contribution < 1.29 is 4.74 Å². The minimum atomic E-state index is 0.346. The molecule has 0 heterocycles. The summed E-state index contributed by atoms with van der Waals surface area (Å²) in [7, 11) is 1.79. The highest BCUT2D eigenvalue weighted by atomic mass is 16.5. The van der Waals surface area contributed by atoms with Crippen LogP contribution in [-0.2, 0) is 5.41 Å². The largest absolute Gasteiger partial charge is 0.496 e. The molecule has 1 aromatic rings. The second-order valence-electron chi connectivity index (χ2n) is 6.55. The van der Waals surface area contributed by atoms with E-state index in [9.17, 15) is 0 Å². The van der Waals surface area contributed by atoms with Crippen LogP contribution in [0.4, 0.5) is 0 Å². The summed E-state index contributed by atoms with van der Waals surface area (Å²) in [5.41, 5.74) is 3.20. The van der Waals surface area contributed by atoms with E-state index < -0.39 is 0 Å². The van der Waals surface area contributed by atoms with E-state index in [1.165, 1.54) is 36.8 Å². The molecular formula is C17H25NO. The summed E-state index contributed by atoms with van der Waals surface area (Å²) >= 11 is 0. The quantitative estimate of drug-likeness (QED) is 0.842. The van der Waals surface area contributed by atoms with E-state index in [-0.39, 0.29) is 0 Å². The molecule has 19 heavy (non-hydrogen) atoms. The van der Waals surface area contributed by atoms with E-state index >= 15 is 0 Å². The summed E-state index contributed by atoms with van der Waals surface area (Å²) in [5, 5.41) is 3.70. The van der Waals surface area contributed by atoms with Gasteiger partial charge in [-0.25, -0.2) is 0 Å². The number of ether oxygens (including phenoxy) is 1. The molecule has 0 bridgehead atoms. The van der Waals surface area contributed by atoms with E-state index in [1.807, 2.05) is 0 Å². The second-order valence-corrected chi connectivity index (χ2v) is 6.55. The number of methoxy groups -OCH3 is 1. The highest BCUT2D eigenvalue weighted by Crippen LogP contribution is 2.51. The van der Waals surface area contributed by atoms with Crippen molar-refractivity contribution in [2.45, 2.75) is 56.9 Å². The maximum Gasteiger partial charge on any atom is 0.122 e. The molecule has 0 unspecified atom stereocenters. The molecule has 0 spiro atoms. The summed E-state index contributed by atoms with van der Waals surface area (Å²) in [6.07, 6.45) is 5.31. The lowest BCUT2D eigenvalue weighted by Crippen LogP contribution is -2.29. The molecule has 0 saturated heterocycles. The third-order valence-corrected chi connectivity index (χ3v) is 4.62. The third-order valence-electron chi connectivity index (χ3n) is 4.62. The van der Waals surface area contributed by atoms with E-state index in [2.05, 4.69) is 37.4 Å². The monoisotopic (exact) mass is 259 g/mol. The van der Waals surface area contributed by atoms with Crippen molar-refractivity contribution in [2.24, 2.45) is 0 Å². The van der Waals surface area contributed by atoms with Gasteiger partial charge in [-0.1, -0.05) is 26.0 Å². The highest BCUT2D eigenvalue weighted by Gasteiger charge is 2.46. The molecular weight excluding hydrogens is 234 g/mol. The lowest BCUT2D eigenvalue weighted by Gasteiger charge is -2.21. The minimum Gasteiger partial charge on any atom is -0.496 e. The van der Waals surface area contributed by atoms with Gasteiger partial charge in [-0.3, -0.25) is 0 Å². The van der Waals surface area contributed by atoms with E-state index in [4.69, 9.17) is 4.74 Å². The summed E-state index contributed by atoms with van der Waals surface area (Å²) in [5.74, 6) is 1.65. The minimum absolute atomic E-state index is 0.346. The first-order chi connectivity index (χ1) is 9.14. The normalized spacial score (nSPS) is 20.6. The van der Waals surface area contributed by atoms with Gasteiger partial charge in [0, 0.05) is 23.6 Å². The zero-order chi connectivity index (χ0) is 13.5. The van der Waals surface area contributed by atoms with Gasteiger partial charge < -0.3 is 10.1 Å². The number of nitrogens with one attached hydrogen (secondary N) is 1. The zero-order valence-corrected chi connectivity index (χ0v) is 12.3. The molecule has 3 rings (SSSR count). The number of rotatable bonds is 6. The van der Waals surface area contributed by atoms with Crippen LogP contribution in [0, 0.1) is 0 Å². The van der Waals surface area contributed by atoms with Crippen molar-refractivity contribution in [3.8, 4) is 5.75 Å². The Hall–Kier alpha value is -1.02. The van der Waals surface area contributed by atoms with Crippen molar-refractivity contribution in [1.82, 2.24) is 5.32 Å². The maximum absolute atomic E-state index is 5.60. The molecule has 0 amide bonds. The van der Waals surface area contributed by atoms with Gasteiger partial charge in [-0.2, -0.15) is 0 Å². The van der Waals surface area contributed by atoms with Crippen LogP contribution in [0.5, 0.6) is 5.75 Å². The van der Waals surface area contributed by atoms with Crippen LogP contribution in [0.1, 0.15) is 56.6 Å². The smallest absolute Gasteiger partial charge is 0.122 e. The first-order valence-electron chi connectivity index (χ1n) is 7.56. The Kier molecular flexibility index (Phi) is 3.30. The maximum atomic E-state index is 5.60. The van der Waals surface area contributed by atoms with E-state index in [1.54, 1.807) is 7.11 Å². The van der Waals surface area contributed by atoms with Crippen LogP contribution >= 0.6 is 0 Å². The standard InChI is InChI=1S/C17H25NO/c1-12(2)13-4-7-16(19-3)15(10-13)17(8-9-17)11-18-14-5-6-14/h4,7,10,12,14,18H,5-6,8-9,11H2,1-3H3. The van der Waals surface area contributed by atoms with Crippen molar-refractivity contribution in [2.75, 3.05) is 13.7 Å². The number of hydrogen-bond donors (Lipinski definition) is 1. The molecule has 2 nitrogen and oxygen atoms in total. The Balaban J connectivity index is 1.86. The van der Waals surface area contributed by atoms with Crippen molar-refractivity contribution in [3.63, 3.8) is 0 Å². The lowest BCUT2D eigenvalue weighted by atomic mass is 9.90. The molecule has 104 valence electrons. The Morgan fingerprint density at radius 2 is 2.05 bits per heavy atom. The Morgan fingerprint density at radius 3 is 2.58 bits per heavy atom. The number of benzene rings is 1. The molecule has 2 aliphatic rings. The van der Waals surface area contributed by atoms with Crippen molar-refractivity contribution >= 4 is 0 Å². The fraction of sp³-hybridized carbons (Fsp3) is 0.647. The second kappa shape index (κ2) is 4.82. The van der Waals surface area contributed by atoms with Gasteiger partial charge in [-0.15, -0.1) is 0 Å². The zero-order valence-electron chi connectivity index (χ0n) is 12.3. The first-order valence-corrected chi connectivity index (χ1v) is 7.56. The van der Waals surface area contributed by atoms with Gasteiger partial charge in [0.15, 0.2) is 0 Å². The van der Waals surface area contributed by atoms with Crippen molar-refractivity contribution in [3.05, 3.63) is 29.3 Å². The van der Waals surface area contributed by atoms with Gasteiger partial charge in [0.25, 0.3) is 0 Å². The van der Waals surface area contributed by atoms with Gasteiger partial charge >= 0.3 is 0 Å². The van der Waals surface area contributed by atoms with Crippen LogP contribution < -0.4 is 10.1 Å². The first kappa shape index (κ1) is 13.0. The van der Waals surface area contributed by atoms with E-state index in [0.717, 1.165) is 18.3 Å². The van der Waals surface area contributed by atoms with Gasteiger partial charge in [0.2, 0.25) is 0 Å². The van der Waals surface area contributed by atoms with Crippen LogP contribution in [0.15, 0.2) is 18.2 Å². The molecule has 2 aliphatic carbocycles. The molecule has 0 aromatic heterocycles. The molecule has 2 heteroatoms. The highest BCUT2D eigenvalue weighted by molar-refractivity contribution is 5.46. The van der Waals surface area contributed by atoms with Gasteiger partial charge in [0.05, 0.1) is 7.11 Å². The van der Waals surface area contributed by atoms with Crippen LogP contribution in [-0.4, -0.2) is 19.7 Å². The van der Waals surface area contributed by atoms with Gasteiger partial charge in [-0.05, 0) is 43.2 Å². The average Bonchev–Trinajstić information content (AvgIpc) is 3.29. The summed E-state index contributed by atoms with van der Waals surface area (Å²) in [6, 6.07) is 7.53. The summed E-state index contributed by atoms with van der Waals surface area (Å²) in [4.78, 5) is 0. The van der Waals surface area contributed by atoms with Crippen LogP contribution in [0.25, 0.3) is 0 Å².